The first-order chi connectivity index (χ1) is 9.58. The SMILES string of the molecule is Cc1cc([C@H](C)O)ccc1OCCn1ccccc1=O. The summed E-state index contributed by atoms with van der Waals surface area (Å²) in [5.74, 6) is 0.776. The molecule has 2 aromatic rings. The minimum absolute atomic E-state index is 0.0303. The van der Waals surface area contributed by atoms with E-state index < -0.39 is 6.10 Å². The molecule has 1 aromatic heterocycles. The van der Waals surface area contributed by atoms with Gasteiger partial charge in [0.25, 0.3) is 5.56 Å². The number of rotatable bonds is 5. The number of aryl methyl sites for hydroxylation is 1. The van der Waals surface area contributed by atoms with E-state index in [1.54, 1.807) is 23.8 Å². The van der Waals surface area contributed by atoms with E-state index in [1.807, 2.05) is 31.2 Å². The van der Waals surface area contributed by atoms with E-state index in [0.29, 0.717) is 13.2 Å². The highest BCUT2D eigenvalue weighted by molar-refractivity contribution is 5.36. The molecule has 0 aliphatic heterocycles. The standard InChI is InChI=1S/C16H19NO3/c1-12-11-14(13(2)18)6-7-15(12)20-10-9-17-8-4-3-5-16(17)19/h3-8,11,13,18H,9-10H2,1-2H3/t13-/m0/s1. The number of ether oxygens (including phenoxy) is 1. The topological polar surface area (TPSA) is 51.5 Å². The highest BCUT2D eigenvalue weighted by Crippen LogP contribution is 2.22. The Morgan fingerprint density at radius 3 is 2.75 bits per heavy atom. The molecule has 4 heteroatoms. The Balaban J connectivity index is 1.98. The van der Waals surface area contributed by atoms with Gasteiger partial charge < -0.3 is 14.4 Å². The van der Waals surface area contributed by atoms with E-state index in [-0.39, 0.29) is 5.56 Å². The Kier molecular flexibility index (Phi) is 4.58. The number of aromatic nitrogens is 1. The molecule has 0 fully saturated rings. The van der Waals surface area contributed by atoms with Crippen molar-refractivity contribution in [1.29, 1.82) is 0 Å². The van der Waals surface area contributed by atoms with Crippen molar-refractivity contribution in [3.8, 4) is 5.75 Å². The molecule has 0 radical (unpaired) electrons. The lowest BCUT2D eigenvalue weighted by atomic mass is 10.1. The molecule has 106 valence electrons. The van der Waals surface area contributed by atoms with Crippen LogP contribution in [0.25, 0.3) is 0 Å². The van der Waals surface area contributed by atoms with E-state index >= 15 is 0 Å². The number of nitrogens with zero attached hydrogens (tertiary/aromatic N) is 1. The van der Waals surface area contributed by atoms with Crippen molar-refractivity contribution in [3.05, 3.63) is 64.1 Å². The summed E-state index contributed by atoms with van der Waals surface area (Å²) in [6, 6.07) is 10.7. The van der Waals surface area contributed by atoms with Gasteiger partial charge in [-0.15, -0.1) is 0 Å². The van der Waals surface area contributed by atoms with Gasteiger partial charge in [-0.05, 0) is 43.2 Å². The second kappa shape index (κ2) is 6.39. The van der Waals surface area contributed by atoms with Crippen molar-refractivity contribution in [2.24, 2.45) is 0 Å². The molecule has 0 spiro atoms. The molecule has 2 rings (SSSR count). The number of aliphatic hydroxyl groups excluding tert-OH is 1. The number of pyridine rings is 1. The van der Waals surface area contributed by atoms with Crippen LogP contribution in [-0.2, 0) is 6.54 Å². The molecule has 1 aromatic carbocycles. The second-order valence-electron chi connectivity index (χ2n) is 4.78. The van der Waals surface area contributed by atoms with Crippen molar-refractivity contribution >= 4 is 0 Å². The molecule has 1 N–H and O–H groups in total. The lowest BCUT2D eigenvalue weighted by Crippen LogP contribution is -2.21. The average Bonchev–Trinajstić information content (AvgIpc) is 2.42. The molecule has 0 saturated carbocycles. The van der Waals surface area contributed by atoms with Crippen molar-refractivity contribution in [3.63, 3.8) is 0 Å². The van der Waals surface area contributed by atoms with E-state index in [9.17, 15) is 9.90 Å². The third-order valence-corrected chi connectivity index (χ3v) is 3.17. The van der Waals surface area contributed by atoms with Gasteiger partial charge in [0.15, 0.2) is 0 Å². The summed E-state index contributed by atoms with van der Waals surface area (Å²) < 4.78 is 7.30. The van der Waals surface area contributed by atoms with E-state index in [2.05, 4.69) is 0 Å². The number of benzene rings is 1. The van der Waals surface area contributed by atoms with Crippen molar-refractivity contribution in [2.75, 3.05) is 6.61 Å². The monoisotopic (exact) mass is 273 g/mol. The second-order valence-corrected chi connectivity index (χ2v) is 4.78. The van der Waals surface area contributed by atoms with Crippen LogP contribution in [0.1, 0.15) is 24.2 Å². The van der Waals surface area contributed by atoms with Gasteiger partial charge in [0.1, 0.15) is 12.4 Å². The first-order valence-electron chi connectivity index (χ1n) is 6.65. The first-order valence-corrected chi connectivity index (χ1v) is 6.65. The van der Waals surface area contributed by atoms with Crippen LogP contribution in [0.4, 0.5) is 0 Å². The van der Waals surface area contributed by atoms with E-state index in [4.69, 9.17) is 4.74 Å². The zero-order valence-electron chi connectivity index (χ0n) is 11.7. The number of hydrogen-bond donors (Lipinski definition) is 1. The zero-order chi connectivity index (χ0) is 14.5. The Hall–Kier alpha value is -2.07. The molecule has 0 saturated heterocycles. The van der Waals surface area contributed by atoms with Gasteiger partial charge in [-0.1, -0.05) is 12.1 Å². The summed E-state index contributed by atoms with van der Waals surface area (Å²) in [4.78, 5) is 11.5. The van der Waals surface area contributed by atoms with Crippen LogP contribution in [0.2, 0.25) is 0 Å². The Labute approximate surface area is 118 Å². The molecule has 0 aliphatic carbocycles. The predicted molar refractivity (Wildman–Crippen MR) is 78.0 cm³/mol. The average molecular weight is 273 g/mol. The largest absolute Gasteiger partial charge is 0.491 e. The van der Waals surface area contributed by atoms with Crippen LogP contribution >= 0.6 is 0 Å². The molecule has 1 heterocycles. The Morgan fingerprint density at radius 1 is 1.30 bits per heavy atom. The van der Waals surface area contributed by atoms with Crippen molar-refractivity contribution in [1.82, 2.24) is 4.57 Å². The van der Waals surface area contributed by atoms with Crippen LogP contribution in [0.15, 0.2) is 47.4 Å². The summed E-state index contributed by atoms with van der Waals surface area (Å²) >= 11 is 0. The highest BCUT2D eigenvalue weighted by atomic mass is 16.5. The maximum absolute atomic E-state index is 11.5. The number of aliphatic hydroxyl groups is 1. The van der Waals surface area contributed by atoms with Crippen LogP contribution in [0, 0.1) is 6.92 Å². The van der Waals surface area contributed by atoms with E-state index in [0.717, 1.165) is 16.9 Å². The molecule has 0 amide bonds. The molecule has 0 unspecified atom stereocenters. The zero-order valence-corrected chi connectivity index (χ0v) is 11.7. The van der Waals surface area contributed by atoms with Crippen molar-refractivity contribution in [2.45, 2.75) is 26.5 Å². The smallest absolute Gasteiger partial charge is 0.250 e. The molecule has 4 nitrogen and oxygen atoms in total. The summed E-state index contributed by atoms with van der Waals surface area (Å²) in [6.45, 7) is 4.61. The quantitative estimate of drug-likeness (QED) is 0.909. The molecule has 0 aliphatic rings. The maximum atomic E-state index is 11.5. The van der Waals surface area contributed by atoms with Gasteiger partial charge in [0.2, 0.25) is 0 Å². The Bertz CT molecular complexity index is 632. The molecular formula is C16H19NO3. The lowest BCUT2D eigenvalue weighted by molar-refractivity contribution is 0.199. The van der Waals surface area contributed by atoms with Crippen LogP contribution in [0.5, 0.6) is 5.75 Å². The van der Waals surface area contributed by atoms with Gasteiger partial charge >= 0.3 is 0 Å². The molecule has 1 atom stereocenters. The van der Waals surface area contributed by atoms with Crippen LogP contribution < -0.4 is 10.3 Å². The third kappa shape index (κ3) is 3.48. The fourth-order valence-electron chi connectivity index (χ4n) is 1.99. The number of hydrogen-bond acceptors (Lipinski definition) is 3. The third-order valence-electron chi connectivity index (χ3n) is 3.17. The van der Waals surface area contributed by atoms with Crippen LogP contribution in [-0.4, -0.2) is 16.3 Å². The Morgan fingerprint density at radius 2 is 2.10 bits per heavy atom. The van der Waals surface area contributed by atoms with Crippen molar-refractivity contribution < 1.29 is 9.84 Å². The van der Waals surface area contributed by atoms with E-state index in [1.165, 1.54) is 6.07 Å². The summed E-state index contributed by atoms with van der Waals surface area (Å²) in [6.07, 6.45) is 1.26. The minimum Gasteiger partial charge on any atom is -0.491 e. The minimum atomic E-state index is -0.481. The first kappa shape index (κ1) is 14.3. The lowest BCUT2D eigenvalue weighted by Gasteiger charge is -2.12. The fourth-order valence-corrected chi connectivity index (χ4v) is 1.99. The molecule has 0 bridgehead atoms. The fraction of sp³-hybridized carbons (Fsp3) is 0.312. The predicted octanol–water partition coefficient (Wildman–Crippen LogP) is 2.29. The van der Waals surface area contributed by atoms with Gasteiger partial charge in [-0.2, -0.15) is 0 Å². The highest BCUT2D eigenvalue weighted by Gasteiger charge is 2.05. The molecular weight excluding hydrogens is 254 g/mol. The molecule has 20 heavy (non-hydrogen) atoms. The maximum Gasteiger partial charge on any atom is 0.250 e. The summed E-state index contributed by atoms with van der Waals surface area (Å²) in [5, 5.41) is 9.52. The summed E-state index contributed by atoms with van der Waals surface area (Å²) in [5.41, 5.74) is 1.82. The van der Waals surface area contributed by atoms with Gasteiger partial charge in [-0.25, -0.2) is 0 Å². The van der Waals surface area contributed by atoms with Crippen LogP contribution in [0.3, 0.4) is 0 Å². The van der Waals surface area contributed by atoms with Gasteiger partial charge in [0, 0.05) is 12.3 Å². The van der Waals surface area contributed by atoms with Gasteiger partial charge in [0.05, 0.1) is 12.6 Å². The summed E-state index contributed by atoms with van der Waals surface area (Å²) in [7, 11) is 0. The van der Waals surface area contributed by atoms with Gasteiger partial charge in [-0.3, -0.25) is 4.79 Å². The normalized spacial score (nSPS) is 12.2.